The number of rotatable bonds is 8. The van der Waals surface area contributed by atoms with Gasteiger partial charge in [0.25, 0.3) is 5.91 Å². The van der Waals surface area contributed by atoms with Gasteiger partial charge in [-0.3, -0.25) is 9.69 Å². The number of H-pyrrole nitrogens is 1. The Labute approximate surface area is 208 Å². The van der Waals surface area contributed by atoms with Crippen LogP contribution in [0.2, 0.25) is 0 Å². The smallest absolute Gasteiger partial charge is 0.340 e. The first-order valence-corrected chi connectivity index (χ1v) is 12.4. The predicted molar refractivity (Wildman–Crippen MR) is 133 cm³/mol. The average molecular weight is 500 g/mol. The minimum absolute atomic E-state index is 0.112. The topological polar surface area (TPSA) is 74.9 Å². The highest BCUT2D eigenvalue weighted by atomic mass is 32.1. The van der Waals surface area contributed by atoms with Gasteiger partial charge in [-0.15, -0.1) is 11.3 Å². The normalized spacial score (nSPS) is 14.3. The second kappa shape index (κ2) is 11.2. The summed E-state index contributed by atoms with van der Waals surface area (Å²) in [7, 11) is 1.54. The monoisotopic (exact) mass is 499 g/mol. The summed E-state index contributed by atoms with van der Waals surface area (Å²) in [4.78, 5) is 34.9. The number of nitrogens with zero attached hydrogens (tertiary/aromatic N) is 2. The molecule has 0 unspecified atom stereocenters. The van der Waals surface area contributed by atoms with Gasteiger partial charge in [-0.05, 0) is 37.6 Å². The van der Waals surface area contributed by atoms with Crippen molar-refractivity contribution in [1.29, 1.82) is 0 Å². The third-order valence-electron chi connectivity index (χ3n) is 6.22. The lowest BCUT2D eigenvalue weighted by Gasteiger charge is -2.34. The van der Waals surface area contributed by atoms with Crippen molar-refractivity contribution in [2.45, 2.75) is 20.4 Å². The predicted octanol–water partition coefficient (Wildman–Crippen LogP) is 4.26. The van der Waals surface area contributed by atoms with Crippen LogP contribution in [-0.2, 0) is 16.0 Å². The molecule has 9 heteroatoms. The lowest BCUT2D eigenvalue weighted by Crippen LogP contribution is -2.48. The molecule has 0 atom stereocenters. The van der Waals surface area contributed by atoms with Gasteiger partial charge in [0.2, 0.25) is 0 Å². The molecule has 0 radical (unpaired) electrons. The van der Waals surface area contributed by atoms with Crippen LogP contribution in [0.25, 0.3) is 10.4 Å². The van der Waals surface area contributed by atoms with E-state index < -0.39 is 5.97 Å². The quantitative estimate of drug-likeness (QED) is 0.370. The number of nitrogens with one attached hydrogen (secondary N) is 1. The zero-order valence-corrected chi connectivity index (χ0v) is 21.0. The Hall–Kier alpha value is -3.01. The lowest BCUT2D eigenvalue weighted by atomic mass is 10.1. The molecule has 0 spiro atoms. The molecule has 186 valence electrons. The van der Waals surface area contributed by atoms with Gasteiger partial charge in [0.15, 0.2) is 0 Å². The van der Waals surface area contributed by atoms with Gasteiger partial charge < -0.3 is 19.4 Å². The van der Waals surface area contributed by atoms with E-state index in [4.69, 9.17) is 9.47 Å². The summed E-state index contributed by atoms with van der Waals surface area (Å²) in [6.07, 6.45) is 0. The number of aromatic nitrogens is 1. The molecule has 3 heterocycles. The number of halogens is 1. The first-order chi connectivity index (χ1) is 16.9. The molecule has 7 nitrogen and oxygen atoms in total. The van der Waals surface area contributed by atoms with Crippen LogP contribution in [-0.4, -0.2) is 73.2 Å². The van der Waals surface area contributed by atoms with Gasteiger partial charge in [-0.2, -0.15) is 0 Å². The fourth-order valence-electron chi connectivity index (χ4n) is 4.32. The Bertz CT molecular complexity index is 1200. The van der Waals surface area contributed by atoms with E-state index in [9.17, 15) is 14.0 Å². The maximum atomic E-state index is 14.1. The molecule has 1 fully saturated rings. The Kier molecular flexibility index (Phi) is 8.00. The van der Waals surface area contributed by atoms with Gasteiger partial charge in [0.1, 0.15) is 18.1 Å². The van der Waals surface area contributed by atoms with Crippen molar-refractivity contribution in [3.63, 3.8) is 0 Å². The standard InChI is InChI=1S/C26H30FN3O4S/c1-17-23(26(32)34-15-14-33-3)18(2)28-24(17)25(31)30-12-10-29(11-13-30)16-19-8-9-22(35-19)20-6-4-5-7-21(20)27/h4-9,28H,10-16H2,1-3H3. The molecule has 0 bridgehead atoms. The van der Waals surface area contributed by atoms with Gasteiger partial charge in [-0.1, -0.05) is 18.2 Å². The van der Waals surface area contributed by atoms with Gasteiger partial charge in [0, 0.05) is 60.8 Å². The molecule has 1 aliphatic heterocycles. The number of carbonyl (C=O) groups is 2. The van der Waals surface area contributed by atoms with Crippen molar-refractivity contribution in [3.05, 3.63) is 69.6 Å². The van der Waals surface area contributed by atoms with Crippen molar-refractivity contribution >= 4 is 23.2 Å². The van der Waals surface area contributed by atoms with Crippen molar-refractivity contribution < 1.29 is 23.5 Å². The molecule has 1 amide bonds. The van der Waals surface area contributed by atoms with E-state index in [1.165, 1.54) is 6.07 Å². The van der Waals surface area contributed by atoms with Crippen LogP contribution in [0, 0.1) is 19.7 Å². The van der Waals surface area contributed by atoms with E-state index in [-0.39, 0.29) is 18.3 Å². The third kappa shape index (κ3) is 5.63. The average Bonchev–Trinajstić information content (AvgIpc) is 3.43. The van der Waals surface area contributed by atoms with Gasteiger partial charge in [-0.25, -0.2) is 9.18 Å². The van der Waals surface area contributed by atoms with Crippen LogP contribution in [0.1, 0.15) is 37.0 Å². The molecular weight excluding hydrogens is 469 g/mol. The Morgan fingerprint density at radius 1 is 1.06 bits per heavy atom. The minimum atomic E-state index is -0.456. The number of ether oxygens (including phenoxy) is 2. The van der Waals surface area contributed by atoms with Crippen molar-refractivity contribution in [2.24, 2.45) is 0 Å². The number of aryl methyl sites for hydroxylation is 1. The molecular formula is C26H30FN3O4S. The van der Waals surface area contributed by atoms with Crippen molar-refractivity contribution in [3.8, 4) is 10.4 Å². The van der Waals surface area contributed by atoms with Crippen LogP contribution in [0.3, 0.4) is 0 Å². The van der Waals surface area contributed by atoms with Crippen LogP contribution in [0.4, 0.5) is 4.39 Å². The minimum Gasteiger partial charge on any atom is -0.460 e. The van der Waals surface area contributed by atoms with E-state index >= 15 is 0 Å². The molecule has 1 aliphatic rings. The molecule has 35 heavy (non-hydrogen) atoms. The largest absolute Gasteiger partial charge is 0.460 e. The zero-order chi connectivity index (χ0) is 24.9. The van der Waals surface area contributed by atoms with Crippen molar-refractivity contribution in [2.75, 3.05) is 46.5 Å². The molecule has 0 aliphatic carbocycles. The number of hydrogen-bond acceptors (Lipinski definition) is 6. The number of benzene rings is 1. The Balaban J connectivity index is 1.35. The zero-order valence-electron chi connectivity index (χ0n) is 20.2. The summed E-state index contributed by atoms with van der Waals surface area (Å²) < 4.78 is 24.3. The Morgan fingerprint density at radius 3 is 2.51 bits per heavy atom. The summed E-state index contributed by atoms with van der Waals surface area (Å²) in [5, 5.41) is 0. The SMILES string of the molecule is COCCOC(=O)c1c(C)[nH]c(C(=O)N2CCN(Cc3ccc(-c4ccccc4F)s3)CC2)c1C. The molecule has 1 saturated heterocycles. The fourth-order valence-corrected chi connectivity index (χ4v) is 5.39. The van der Waals surface area contributed by atoms with E-state index in [2.05, 4.69) is 9.88 Å². The second-order valence-electron chi connectivity index (χ2n) is 8.57. The van der Waals surface area contributed by atoms with E-state index in [1.807, 2.05) is 23.1 Å². The third-order valence-corrected chi connectivity index (χ3v) is 7.32. The van der Waals surface area contributed by atoms with Crippen LogP contribution < -0.4 is 0 Å². The van der Waals surface area contributed by atoms with Gasteiger partial charge in [0.05, 0.1) is 12.2 Å². The number of aromatic amines is 1. The van der Waals surface area contributed by atoms with Crippen molar-refractivity contribution in [1.82, 2.24) is 14.8 Å². The van der Waals surface area contributed by atoms with E-state index in [1.54, 1.807) is 44.4 Å². The first kappa shape index (κ1) is 25.1. The summed E-state index contributed by atoms with van der Waals surface area (Å²) in [5.41, 5.74) is 2.69. The number of hydrogen-bond donors (Lipinski definition) is 1. The molecule has 3 aromatic rings. The molecule has 0 saturated carbocycles. The van der Waals surface area contributed by atoms with E-state index in [0.717, 1.165) is 29.4 Å². The molecule has 1 N–H and O–H groups in total. The number of methoxy groups -OCH3 is 1. The molecule has 1 aromatic carbocycles. The fraction of sp³-hybridized carbons (Fsp3) is 0.385. The number of piperazine rings is 1. The summed E-state index contributed by atoms with van der Waals surface area (Å²) in [6, 6.07) is 10.8. The maximum Gasteiger partial charge on any atom is 0.340 e. The summed E-state index contributed by atoms with van der Waals surface area (Å²) in [5.74, 6) is -0.781. The number of carbonyl (C=O) groups excluding carboxylic acids is 2. The number of esters is 1. The maximum absolute atomic E-state index is 14.1. The van der Waals surface area contributed by atoms with E-state index in [0.29, 0.717) is 47.8 Å². The van der Waals surface area contributed by atoms with Crippen LogP contribution in [0.5, 0.6) is 0 Å². The summed E-state index contributed by atoms with van der Waals surface area (Å²) >= 11 is 1.59. The Morgan fingerprint density at radius 2 is 1.80 bits per heavy atom. The number of thiophene rings is 1. The first-order valence-electron chi connectivity index (χ1n) is 11.6. The highest BCUT2D eigenvalue weighted by Crippen LogP contribution is 2.31. The van der Waals surface area contributed by atoms with Crippen LogP contribution >= 0.6 is 11.3 Å². The molecule has 2 aromatic heterocycles. The number of amides is 1. The van der Waals surface area contributed by atoms with Crippen LogP contribution in [0.15, 0.2) is 36.4 Å². The van der Waals surface area contributed by atoms with Gasteiger partial charge >= 0.3 is 5.97 Å². The molecule has 4 rings (SSSR count). The second-order valence-corrected chi connectivity index (χ2v) is 9.74. The summed E-state index contributed by atoms with van der Waals surface area (Å²) in [6.45, 7) is 7.45. The highest BCUT2D eigenvalue weighted by molar-refractivity contribution is 7.15. The lowest BCUT2D eigenvalue weighted by molar-refractivity contribution is 0.0386. The highest BCUT2D eigenvalue weighted by Gasteiger charge is 2.28.